The van der Waals surface area contributed by atoms with Crippen LogP contribution in [-0.4, -0.2) is 53.5 Å². The number of rotatable bonds is 5. The van der Waals surface area contributed by atoms with E-state index in [4.69, 9.17) is 0 Å². The van der Waals surface area contributed by atoms with E-state index in [1.54, 1.807) is 6.20 Å². The van der Waals surface area contributed by atoms with Gasteiger partial charge in [0.1, 0.15) is 0 Å². The molecule has 0 aromatic carbocycles. The Balaban J connectivity index is 1.42. The highest BCUT2D eigenvalue weighted by Crippen LogP contribution is 2.19. The van der Waals surface area contributed by atoms with Gasteiger partial charge in [0, 0.05) is 44.6 Å². The van der Waals surface area contributed by atoms with Crippen molar-refractivity contribution in [2.24, 2.45) is 5.92 Å². The number of urea groups is 1. The molecule has 5 nitrogen and oxygen atoms in total. The fourth-order valence-corrected chi connectivity index (χ4v) is 3.66. The number of nitrogens with zero attached hydrogens (tertiary/aromatic N) is 3. The predicted octanol–water partition coefficient (Wildman–Crippen LogP) is 2.65. The maximum Gasteiger partial charge on any atom is 0.317 e. The number of carbonyl (C=O) groups is 1. The standard InChI is InChI=1S/C19H28N4O/c1-22(13-16-6-5-10-20-12-16)14-17-9-11-23(15-17)19(24)21-18-7-3-2-4-8-18/h3,5-7,10,12,17-18H,2,4,8-9,11,13-15H2,1H3,(H,21,24)/t17-,18-/m1/s1. The molecule has 1 aliphatic heterocycles. The minimum atomic E-state index is 0.101. The summed E-state index contributed by atoms with van der Waals surface area (Å²) in [6.07, 6.45) is 12.5. The van der Waals surface area contributed by atoms with Gasteiger partial charge >= 0.3 is 6.03 Å². The molecule has 2 amide bonds. The Kier molecular flexibility index (Phi) is 5.86. The van der Waals surface area contributed by atoms with Crippen LogP contribution < -0.4 is 5.32 Å². The molecule has 2 aliphatic rings. The van der Waals surface area contributed by atoms with E-state index in [1.807, 2.05) is 17.2 Å². The topological polar surface area (TPSA) is 48.5 Å². The zero-order chi connectivity index (χ0) is 16.8. The van der Waals surface area contributed by atoms with Gasteiger partial charge < -0.3 is 15.1 Å². The molecule has 1 aromatic heterocycles. The van der Waals surface area contributed by atoms with Gasteiger partial charge in [-0.15, -0.1) is 0 Å². The van der Waals surface area contributed by atoms with E-state index in [-0.39, 0.29) is 12.1 Å². The lowest BCUT2D eigenvalue weighted by molar-refractivity contribution is 0.201. The molecule has 1 fully saturated rings. The van der Waals surface area contributed by atoms with Gasteiger partial charge in [-0.2, -0.15) is 0 Å². The van der Waals surface area contributed by atoms with Crippen LogP contribution in [0, 0.1) is 5.92 Å². The first-order valence-corrected chi connectivity index (χ1v) is 9.00. The molecule has 1 saturated heterocycles. The van der Waals surface area contributed by atoms with Crippen molar-refractivity contribution in [1.82, 2.24) is 20.1 Å². The summed E-state index contributed by atoms with van der Waals surface area (Å²) in [5.74, 6) is 0.555. The highest BCUT2D eigenvalue weighted by Gasteiger charge is 2.27. The molecule has 0 spiro atoms. The maximum atomic E-state index is 12.4. The van der Waals surface area contributed by atoms with E-state index in [1.165, 1.54) is 12.0 Å². The molecule has 0 bridgehead atoms. The first-order chi connectivity index (χ1) is 11.7. The summed E-state index contributed by atoms with van der Waals surface area (Å²) < 4.78 is 0. The maximum absolute atomic E-state index is 12.4. The van der Waals surface area contributed by atoms with Gasteiger partial charge in [0.05, 0.1) is 0 Å². The zero-order valence-electron chi connectivity index (χ0n) is 14.5. The summed E-state index contributed by atoms with van der Waals surface area (Å²) in [7, 11) is 2.14. The number of allylic oxidation sites excluding steroid dienone is 1. The van der Waals surface area contributed by atoms with Gasteiger partial charge in [-0.1, -0.05) is 18.2 Å². The normalized spacial score (nSPS) is 23.7. The predicted molar refractivity (Wildman–Crippen MR) is 95.6 cm³/mol. The first-order valence-electron chi connectivity index (χ1n) is 9.00. The number of pyridine rings is 1. The lowest BCUT2D eigenvalue weighted by atomic mass is 10.0. The molecule has 1 aliphatic carbocycles. The second kappa shape index (κ2) is 8.29. The van der Waals surface area contributed by atoms with E-state index in [0.717, 1.165) is 45.4 Å². The average Bonchev–Trinajstić information content (AvgIpc) is 3.05. The quantitative estimate of drug-likeness (QED) is 0.846. The van der Waals surface area contributed by atoms with E-state index >= 15 is 0 Å². The van der Waals surface area contributed by atoms with Crippen molar-refractivity contribution >= 4 is 6.03 Å². The summed E-state index contributed by atoms with van der Waals surface area (Å²) in [4.78, 5) is 20.9. The molecule has 0 unspecified atom stereocenters. The van der Waals surface area contributed by atoms with Crippen LogP contribution in [-0.2, 0) is 6.54 Å². The van der Waals surface area contributed by atoms with Gasteiger partial charge in [-0.3, -0.25) is 4.98 Å². The third kappa shape index (κ3) is 4.81. The number of likely N-dealkylation sites (tertiary alicyclic amines) is 1. The van der Waals surface area contributed by atoms with Crippen LogP contribution in [0.25, 0.3) is 0 Å². The van der Waals surface area contributed by atoms with Crippen molar-refractivity contribution in [2.45, 2.75) is 38.3 Å². The van der Waals surface area contributed by atoms with Gasteiger partial charge in [0.15, 0.2) is 0 Å². The van der Waals surface area contributed by atoms with Crippen molar-refractivity contribution in [3.05, 3.63) is 42.2 Å². The number of hydrogen-bond donors (Lipinski definition) is 1. The lowest BCUT2D eigenvalue weighted by Crippen LogP contribution is -2.44. The SMILES string of the molecule is CN(Cc1cccnc1)C[C@H]1CCN(C(=O)N[C@@H]2C=CCCC2)C1. The van der Waals surface area contributed by atoms with Gasteiger partial charge in [0.2, 0.25) is 0 Å². The van der Waals surface area contributed by atoms with E-state index in [9.17, 15) is 4.79 Å². The zero-order valence-corrected chi connectivity index (χ0v) is 14.5. The molecule has 5 heteroatoms. The largest absolute Gasteiger partial charge is 0.332 e. The second-order valence-corrected chi connectivity index (χ2v) is 7.07. The summed E-state index contributed by atoms with van der Waals surface area (Å²) >= 11 is 0. The summed E-state index contributed by atoms with van der Waals surface area (Å²) in [5.41, 5.74) is 1.23. The summed E-state index contributed by atoms with van der Waals surface area (Å²) in [6, 6.07) is 4.41. The van der Waals surface area contributed by atoms with Crippen LogP contribution in [0.15, 0.2) is 36.7 Å². The van der Waals surface area contributed by atoms with Crippen LogP contribution in [0.3, 0.4) is 0 Å². The lowest BCUT2D eigenvalue weighted by Gasteiger charge is -2.24. The van der Waals surface area contributed by atoms with Gasteiger partial charge in [-0.05, 0) is 50.3 Å². The van der Waals surface area contributed by atoms with Crippen molar-refractivity contribution in [2.75, 3.05) is 26.7 Å². The van der Waals surface area contributed by atoms with Crippen molar-refractivity contribution in [3.63, 3.8) is 0 Å². The van der Waals surface area contributed by atoms with Gasteiger partial charge in [0.25, 0.3) is 0 Å². The second-order valence-electron chi connectivity index (χ2n) is 7.07. The smallest absolute Gasteiger partial charge is 0.317 e. The number of aromatic nitrogens is 1. The molecule has 0 radical (unpaired) electrons. The summed E-state index contributed by atoms with van der Waals surface area (Å²) in [5, 5.41) is 3.15. The molecular formula is C19H28N4O. The minimum Gasteiger partial charge on any atom is -0.332 e. The van der Waals surface area contributed by atoms with Crippen LogP contribution in [0.1, 0.15) is 31.2 Å². The van der Waals surface area contributed by atoms with Crippen molar-refractivity contribution in [1.29, 1.82) is 0 Å². The van der Waals surface area contributed by atoms with Crippen LogP contribution in [0.2, 0.25) is 0 Å². The highest BCUT2D eigenvalue weighted by molar-refractivity contribution is 5.75. The van der Waals surface area contributed by atoms with Crippen LogP contribution in [0.4, 0.5) is 4.79 Å². The molecule has 24 heavy (non-hydrogen) atoms. The molecular weight excluding hydrogens is 300 g/mol. The van der Waals surface area contributed by atoms with E-state index < -0.39 is 0 Å². The van der Waals surface area contributed by atoms with E-state index in [2.05, 4.69) is 40.5 Å². The third-order valence-electron chi connectivity index (χ3n) is 4.88. The number of nitrogens with one attached hydrogen (secondary N) is 1. The number of hydrogen-bond acceptors (Lipinski definition) is 3. The fraction of sp³-hybridized carbons (Fsp3) is 0.579. The molecule has 2 heterocycles. The molecule has 0 saturated carbocycles. The van der Waals surface area contributed by atoms with Gasteiger partial charge in [-0.25, -0.2) is 4.79 Å². The molecule has 2 atom stereocenters. The Morgan fingerprint density at radius 3 is 3.12 bits per heavy atom. The molecule has 1 N–H and O–H groups in total. The Morgan fingerprint density at radius 2 is 2.38 bits per heavy atom. The first kappa shape index (κ1) is 17.0. The fourth-order valence-electron chi connectivity index (χ4n) is 3.66. The minimum absolute atomic E-state index is 0.101. The number of amides is 2. The number of carbonyl (C=O) groups excluding carboxylic acids is 1. The highest BCUT2D eigenvalue weighted by atomic mass is 16.2. The molecule has 130 valence electrons. The Bertz CT molecular complexity index is 560. The Hall–Kier alpha value is -1.88. The van der Waals surface area contributed by atoms with Crippen LogP contribution >= 0.6 is 0 Å². The average molecular weight is 328 g/mol. The third-order valence-corrected chi connectivity index (χ3v) is 4.88. The Labute approximate surface area is 144 Å². The summed E-state index contributed by atoms with van der Waals surface area (Å²) in [6.45, 7) is 3.65. The molecule has 1 aromatic rings. The molecule has 3 rings (SSSR count). The van der Waals surface area contributed by atoms with Crippen LogP contribution in [0.5, 0.6) is 0 Å². The van der Waals surface area contributed by atoms with E-state index in [0.29, 0.717) is 5.92 Å². The van der Waals surface area contributed by atoms with Crippen molar-refractivity contribution < 1.29 is 4.79 Å². The Morgan fingerprint density at radius 1 is 1.46 bits per heavy atom. The van der Waals surface area contributed by atoms with Crippen molar-refractivity contribution in [3.8, 4) is 0 Å². The monoisotopic (exact) mass is 328 g/mol.